The lowest BCUT2D eigenvalue weighted by Gasteiger charge is -2.16. The summed E-state index contributed by atoms with van der Waals surface area (Å²) in [6, 6.07) is 10.7. The Hall–Kier alpha value is -1.41. The third kappa shape index (κ3) is 7.20. The highest BCUT2D eigenvalue weighted by Gasteiger charge is 2.09. The van der Waals surface area contributed by atoms with E-state index in [1.54, 1.807) is 0 Å². The summed E-state index contributed by atoms with van der Waals surface area (Å²) in [7, 11) is 0. The Kier molecular flexibility index (Phi) is 10.6. The van der Waals surface area contributed by atoms with E-state index < -0.39 is 0 Å². The third-order valence-corrected chi connectivity index (χ3v) is 5.79. The van der Waals surface area contributed by atoms with Crippen LogP contribution in [0.25, 0.3) is 10.8 Å². The molecule has 2 aromatic carbocycles. The van der Waals surface area contributed by atoms with E-state index in [-0.39, 0.29) is 0 Å². The van der Waals surface area contributed by atoms with Crippen molar-refractivity contribution in [2.75, 3.05) is 19.1 Å². The first-order valence-corrected chi connectivity index (χ1v) is 11.6. The molecular formula is C25H37ClO2. The molecule has 1 unspecified atom stereocenters. The predicted octanol–water partition coefficient (Wildman–Crippen LogP) is 7.92. The zero-order valence-electron chi connectivity index (χ0n) is 17.9. The van der Waals surface area contributed by atoms with E-state index in [2.05, 4.69) is 51.1 Å². The van der Waals surface area contributed by atoms with Crippen LogP contribution in [-0.4, -0.2) is 19.1 Å². The predicted molar refractivity (Wildman–Crippen MR) is 122 cm³/mol. The molecule has 0 saturated carbocycles. The molecule has 0 saturated heterocycles. The van der Waals surface area contributed by atoms with Gasteiger partial charge in [0.2, 0.25) is 0 Å². The van der Waals surface area contributed by atoms with Crippen molar-refractivity contribution in [1.29, 1.82) is 0 Å². The first-order valence-electron chi connectivity index (χ1n) is 11.0. The molecule has 0 heterocycles. The summed E-state index contributed by atoms with van der Waals surface area (Å²) in [5.74, 6) is 3.37. The molecule has 3 heteroatoms. The highest BCUT2D eigenvalue weighted by atomic mass is 35.5. The second-order valence-electron chi connectivity index (χ2n) is 7.75. The first kappa shape index (κ1) is 22.9. The Bertz CT molecular complexity index is 698. The molecule has 0 bridgehead atoms. The van der Waals surface area contributed by atoms with Crippen LogP contribution in [0.4, 0.5) is 0 Å². The fourth-order valence-electron chi connectivity index (χ4n) is 3.53. The summed E-state index contributed by atoms with van der Waals surface area (Å²) in [5, 5.41) is 2.45. The van der Waals surface area contributed by atoms with Crippen LogP contribution in [0.2, 0.25) is 0 Å². The van der Waals surface area contributed by atoms with Crippen LogP contribution in [-0.2, 0) is 0 Å². The van der Waals surface area contributed by atoms with Crippen LogP contribution in [0.1, 0.15) is 70.8 Å². The Morgan fingerprint density at radius 2 is 1.75 bits per heavy atom. The molecule has 0 N–H and O–H groups in total. The van der Waals surface area contributed by atoms with Crippen molar-refractivity contribution >= 4 is 22.4 Å². The van der Waals surface area contributed by atoms with E-state index in [4.69, 9.17) is 21.1 Å². The second kappa shape index (κ2) is 12.9. The molecule has 1 atom stereocenters. The number of hydrogen-bond acceptors (Lipinski definition) is 2. The third-order valence-electron chi connectivity index (χ3n) is 5.53. The quantitative estimate of drug-likeness (QED) is 0.235. The zero-order valence-corrected chi connectivity index (χ0v) is 18.7. The maximum atomic E-state index is 6.11. The molecular weight excluding hydrogens is 368 g/mol. The van der Waals surface area contributed by atoms with E-state index in [9.17, 15) is 0 Å². The minimum absolute atomic E-state index is 0.651. The van der Waals surface area contributed by atoms with Gasteiger partial charge in [0.1, 0.15) is 11.5 Å². The van der Waals surface area contributed by atoms with Crippen molar-refractivity contribution in [3.8, 4) is 11.5 Å². The summed E-state index contributed by atoms with van der Waals surface area (Å²) in [5.41, 5.74) is 1.21. The molecule has 2 aromatic rings. The molecule has 28 heavy (non-hydrogen) atoms. The minimum atomic E-state index is 0.651. The lowest BCUT2D eigenvalue weighted by Crippen LogP contribution is -2.11. The largest absolute Gasteiger partial charge is 0.493 e. The van der Waals surface area contributed by atoms with Crippen molar-refractivity contribution in [2.24, 2.45) is 5.92 Å². The van der Waals surface area contributed by atoms with E-state index in [0.29, 0.717) is 5.92 Å². The van der Waals surface area contributed by atoms with Crippen LogP contribution >= 0.6 is 11.6 Å². The molecule has 0 amide bonds. The standard InChI is InChI=1S/C25H37ClO2/c1-4-6-11-21(5-2)19-28-23-13-14-24-20(3)25(15-12-22(24)18-23)27-17-10-8-7-9-16-26/h12-15,18,21H,4-11,16-17,19H2,1-3H3. The number of halogens is 1. The topological polar surface area (TPSA) is 18.5 Å². The highest BCUT2D eigenvalue weighted by molar-refractivity contribution is 6.17. The fraction of sp³-hybridized carbons (Fsp3) is 0.600. The fourth-order valence-corrected chi connectivity index (χ4v) is 3.72. The van der Waals surface area contributed by atoms with Gasteiger partial charge >= 0.3 is 0 Å². The van der Waals surface area contributed by atoms with Gasteiger partial charge in [-0.3, -0.25) is 0 Å². The van der Waals surface area contributed by atoms with Gasteiger partial charge in [-0.15, -0.1) is 11.6 Å². The highest BCUT2D eigenvalue weighted by Crippen LogP contribution is 2.30. The Labute approximate surface area is 176 Å². The van der Waals surface area contributed by atoms with Crippen molar-refractivity contribution in [1.82, 2.24) is 0 Å². The van der Waals surface area contributed by atoms with Crippen LogP contribution in [0, 0.1) is 12.8 Å². The number of unbranched alkanes of at least 4 members (excludes halogenated alkanes) is 4. The van der Waals surface area contributed by atoms with Gasteiger partial charge in [0.05, 0.1) is 13.2 Å². The summed E-state index contributed by atoms with van der Waals surface area (Å²) < 4.78 is 12.1. The smallest absolute Gasteiger partial charge is 0.122 e. The monoisotopic (exact) mass is 404 g/mol. The number of fused-ring (bicyclic) bond motifs is 1. The summed E-state index contributed by atoms with van der Waals surface area (Å²) >= 11 is 5.72. The van der Waals surface area contributed by atoms with Crippen LogP contribution in [0.5, 0.6) is 11.5 Å². The number of benzene rings is 2. The molecule has 0 spiro atoms. The summed E-state index contributed by atoms with van der Waals surface area (Å²) in [6.45, 7) is 8.23. The van der Waals surface area contributed by atoms with Crippen molar-refractivity contribution in [3.05, 3.63) is 35.9 Å². The number of aryl methyl sites for hydroxylation is 1. The normalized spacial score (nSPS) is 12.3. The van der Waals surface area contributed by atoms with Crippen molar-refractivity contribution < 1.29 is 9.47 Å². The molecule has 2 nitrogen and oxygen atoms in total. The molecule has 2 rings (SSSR count). The van der Waals surface area contributed by atoms with Gasteiger partial charge in [-0.05, 0) is 66.6 Å². The van der Waals surface area contributed by atoms with Gasteiger partial charge < -0.3 is 9.47 Å². The molecule has 0 fully saturated rings. The Morgan fingerprint density at radius 1 is 0.929 bits per heavy atom. The molecule has 0 aliphatic rings. The Balaban J connectivity index is 1.93. The van der Waals surface area contributed by atoms with E-state index in [0.717, 1.165) is 43.4 Å². The van der Waals surface area contributed by atoms with Gasteiger partial charge in [-0.25, -0.2) is 0 Å². The number of hydrogen-bond donors (Lipinski definition) is 0. The maximum absolute atomic E-state index is 6.11. The molecule has 0 radical (unpaired) electrons. The van der Waals surface area contributed by atoms with Crippen LogP contribution < -0.4 is 9.47 Å². The van der Waals surface area contributed by atoms with Crippen molar-refractivity contribution in [2.45, 2.75) is 72.1 Å². The lowest BCUT2D eigenvalue weighted by molar-refractivity contribution is 0.233. The molecule has 0 aromatic heterocycles. The van der Waals surface area contributed by atoms with Gasteiger partial charge in [0.25, 0.3) is 0 Å². The average molecular weight is 405 g/mol. The molecule has 0 aliphatic carbocycles. The van der Waals surface area contributed by atoms with Gasteiger partial charge in [0.15, 0.2) is 0 Å². The average Bonchev–Trinajstić information content (AvgIpc) is 2.72. The van der Waals surface area contributed by atoms with E-state index in [1.165, 1.54) is 54.9 Å². The van der Waals surface area contributed by atoms with E-state index in [1.807, 2.05) is 0 Å². The number of rotatable bonds is 14. The molecule has 0 aliphatic heterocycles. The van der Waals surface area contributed by atoms with Crippen molar-refractivity contribution in [3.63, 3.8) is 0 Å². The minimum Gasteiger partial charge on any atom is -0.493 e. The van der Waals surface area contributed by atoms with Crippen LogP contribution in [0.15, 0.2) is 30.3 Å². The lowest BCUT2D eigenvalue weighted by atomic mass is 10.0. The van der Waals surface area contributed by atoms with Crippen LogP contribution in [0.3, 0.4) is 0 Å². The zero-order chi connectivity index (χ0) is 20.2. The van der Waals surface area contributed by atoms with Gasteiger partial charge in [-0.1, -0.05) is 58.1 Å². The maximum Gasteiger partial charge on any atom is 0.122 e. The Morgan fingerprint density at radius 3 is 2.50 bits per heavy atom. The van der Waals surface area contributed by atoms with E-state index >= 15 is 0 Å². The second-order valence-corrected chi connectivity index (χ2v) is 8.13. The first-order chi connectivity index (χ1) is 13.7. The molecule has 156 valence electrons. The number of ether oxygens (including phenoxy) is 2. The van der Waals surface area contributed by atoms with Gasteiger partial charge in [0, 0.05) is 5.88 Å². The van der Waals surface area contributed by atoms with Gasteiger partial charge in [-0.2, -0.15) is 0 Å². The number of alkyl halides is 1. The summed E-state index contributed by atoms with van der Waals surface area (Å²) in [6.07, 6.45) is 9.51. The SMILES string of the molecule is CCCCC(CC)COc1ccc2c(C)c(OCCCCCCCl)ccc2c1. The summed E-state index contributed by atoms with van der Waals surface area (Å²) in [4.78, 5) is 0.